The van der Waals surface area contributed by atoms with Crippen molar-refractivity contribution in [2.24, 2.45) is 5.92 Å². The van der Waals surface area contributed by atoms with Crippen LogP contribution in [0.15, 0.2) is 18.2 Å². The summed E-state index contributed by atoms with van der Waals surface area (Å²) in [5, 5.41) is 1.10. The second-order valence-electron chi connectivity index (χ2n) is 4.89. The molecule has 0 amide bonds. The first kappa shape index (κ1) is 12.6. The molecule has 2 N–H and O–H groups in total. The first-order chi connectivity index (χ1) is 7.99. The number of nitrogens with zero attached hydrogens (tertiary/aromatic N) is 1. The summed E-state index contributed by atoms with van der Waals surface area (Å²) < 4.78 is 1.17. The van der Waals surface area contributed by atoms with Crippen molar-refractivity contribution < 1.29 is 0 Å². The van der Waals surface area contributed by atoms with Crippen LogP contribution in [-0.4, -0.2) is 4.98 Å². The SMILES string of the molecule is Cc1ccc(I)c2c(N)cc(CC(C)C)nc12. The number of nitrogens with two attached hydrogens (primary N) is 1. The summed E-state index contributed by atoms with van der Waals surface area (Å²) in [4.78, 5) is 4.75. The van der Waals surface area contributed by atoms with Crippen molar-refractivity contribution in [3.05, 3.63) is 33.0 Å². The number of aromatic nitrogens is 1. The van der Waals surface area contributed by atoms with Gasteiger partial charge in [-0.3, -0.25) is 4.98 Å². The zero-order valence-electron chi connectivity index (χ0n) is 10.4. The van der Waals surface area contributed by atoms with Gasteiger partial charge in [-0.2, -0.15) is 0 Å². The fourth-order valence-corrected chi connectivity index (χ4v) is 2.79. The van der Waals surface area contributed by atoms with Gasteiger partial charge in [0.05, 0.1) is 5.52 Å². The summed E-state index contributed by atoms with van der Waals surface area (Å²) in [5.74, 6) is 0.599. The second-order valence-corrected chi connectivity index (χ2v) is 6.05. The second kappa shape index (κ2) is 4.80. The standard InChI is InChI=1S/C14H17IN2/c1-8(2)6-10-7-12(16)13-11(15)5-4-9(3)14(13)17-10/h4-5,7-8H,6H2,1-3H3,(H2,16,17). The molecule has 0 aliphatic rings. The molecular weight excluding hydrogens is 323 g/mol. The topological polar surface area (TPSA) is 38.9 Å². The van der Waals surface area contributed by atoms with E-state index < -0.39 is 0 Å². The molecule has 0 fully saturated rings. The summed E-state index contributed by atoms with van der Waals surface area (Å²) in [6.07, 6.45) is 0.977. The van der Waals surface area contributed by atoms with Crippen LogP contribution in [0.1, 0.15) is 25.1 Å². The predicted molar refractivity (Wildman–Crippen MR) is 82.2 cm³/mol. The van der Waals surface area contributed by atoms with Crippen LogP contribution in [0.25, 0.3) is 10.9 Å². The van der Waals surface area contributed by atoms with E-state index in [-0.39, 0.29) is 0 Å². The Morgan fingerprint density at radius 1 is 1.35 bits per heavy atom. The highest BCUT2D eigenvalue weighted by molar-refractivity contribution is 14.1. The van der Waals surface area contributed by atoms with Gasteiger partial charge in [-0.15, -0.1) is 0 Å². The third kappa shape index (κ3) is 2.54. The number of halogens is 1. The summed E-state index contributed by atoms with van der Waals surface area (Å²) >= 11 is 2.32. The van der Waals surface area contributed by atoms with Gasteiger partial charge in [-0.05, 0) is 59.5 Å². The van der Waals surface area contributed by atoms with Crippen LogP contribution >= 0.6 is 22.6 Å². The number of rotatable bonds is 2. The molecule has 0 bridgehead atoms. The van der Waals surface area contributed by atoms with Crippen molar-refractivity contribution >= 4 is 39.2 Å². The third-order valence-corrected chi connectivity index (χ3v) is 3.71. The van der Waals surface area contributed by atoms with Crippen LogP contribution in [0.3, 0.4) is 0 Å². The van der Waals surface area contributed by atoms with Crippen molar-refractivity contribution in [3.8, 4) is 0 Å². The normalized spacial score (nSPS) is 11.4. The number of nitrogen functional groups attached to an aromatic ring is 1. The fraction of sp³-hybridized carbons (Fsp3) is 0.357. The molecule has 1 aromatic heterocycles. The van der Waals surface area contributed by atoms with E-state index in [1.54, 1.807) is 0 Å². The molecule has 0 saturated carbocycles. The van der Waals surface area contributed by atoms with E-state index in [0.29, 0.717) is 5.92 Å². The average Bonchev–Trinajstić information content (AvgIpc) is 2.22. The van der Waals surface area contributed by atoms with Gasteiger partial charge in [-0.1, -0.05) is 19.9 Å². The zero-order chi connectivity index (χ0) is 12.6. The fourth-order valence-electron chi connectivity index (χ4n) is 2.04. The Labute approximate surface area is 116 Å². The van der Waals surface area contributed by atoms with Gasteiger partial charge in [0.25, 0.3) is 0 Å². The first-order valence-corrected chi connectivity index (χ1v) is 6.91. The lowest BCUT2D eigenvalue weighted by Crippen LogP contribution is -2.01. The molecule has 1 heterocycles. The molecule has 3 heteroatoms. The average molecular weight is 340 g/mol. The van der Waals surface area contributed by atoms with Crippen LogP contribution < -0.4 is 5.73 Å². The molecule has 0 aliphatic carbocycles. The van der Waals surface area contributed by atoms with Gasteiger partial charge in [0, 0.05) is 20.3 Å². The van der Waals surface area contributed by atoms with E-state index in [9.17, 15) is 0 Å². The minimum absolute atomic E-state index is 0.599. The molecule has 0 unspecified atom stereocenters. The molecule has 0 aliphatic heterocycles. The van der Waals surface area contributed by atoms with Crippen LogP contribution in [-0.2, 0) is 6.42 Å². The Morgan fingerprint density at radius 3 is 2.71 bits per heavy atom. The first-order valence-electron chi connectivity index (χ1n) is 5.83. The van der Waals surface area contributed by atoms with Crippen LogP contribution in [0.5, 0.6) is 0 Å². The summed E-state index contributed by atoms with van der Waals surface area (Å²) in [6, 6.07) is 6.22. The van der Waals surface area contributed by atoms with Crippen molar-refractivity contribution in [1.82, 2.24) is 4.98 Å². The summed E-state index contributed by atoms with van der Waals surface area (Å²) in [5.41, 5.74) is 10.3. The number of fused-ring (bicyclic) bond motifs is 1. The van der Waals surface area contributed by atoms with Gasteiger partial charge in [-0.25, -0.2) is 0 Å². The van der Waals surface area contributed by atoms with E-state index in [1.165, 1.54) is 9.13 Å². The summed E-state index contributed by atoms with van der Waals surface area (Å²) in [6.45, 7) is 6.48. The number of anilines is 1. The van der Waals surface area contributed by atoms with Crippen molar-refractivity contribution in [3.63, 3.8) is 0 Å². The number of hydrogen-bond donors (Lipinski definition) is 1. The van der Waals surface area contributed by atoms with Gasteiger partial charge in [0.15, 0.2) is 0 Å². The lowest BCUT2D eigenvalue weighted by molar-refractivity contribution is 0.637. The van der Waals surface area contributed by atoms with Gasteiger partial charge in [0.1, 0.15) is 0 Å². The molecule has 0 radical (unpaired) electrons. The molecule has 2 aromatic rings. The predicted octanol–water partition coefficient (Wildman–Crippen LogP) is 3.93. The summed E-state index contributed by atoms with van der Waals surface area (Å²) in [7, 11) is 0. The molecule has 2 rings (SSSR count). The quantitative estimate of drug-likeness (QED) is 0.842. The van der Waals surface area contributed by atoms with Gasteiger partial charge >= 0.3 is 0 Å². The monoisotopic (exact) mass is 340 g/mol. The van der Waals surface area contributed by atoms with Crippen LogP contribution in [0.4, 0.5) is 5.69 Å². The van der Waals surface area contributed by atoms with E-state index in [0.717, 1.165) is 28.7 Å². The maximum Gasteiger partial charge on any atom is 0.0765 e. The van der Waals surface area contributed by atoms with Crippen molar-refractivity contribution in [2.45, 2.75) is 27.2 Å². The Hall–Kier alpha value is -0.840. The molecule has 90 valence electrons. The highest BCUT2D eigenvalue weighted by Gasteiger charge is 2.09. The molecule has 0 atom stereocenters. The number of benzene rings is 1. The van der Waals surface area contributed by atoms with Crippen molar-refractivity contribution in [1.29, 1.82) is 0 Å². The van der Waals surface area contributed by atoms with E-state index >= 15 is 0 Å². The smallest absolute Gasteiger partial charge is 0.0765 e. The molecule has 0 saturated heterocycles. The maximum absolute atomic E-state index is 6.16. The highest BCUT2D eigenvalue weighted by atomic mass is 127. The molecule has 2 nitrogen and oxygen atoms in total. The number of aryl methyl sites for hydroxylation is 1. The minimum atomic E-state index is 0.599. The number of hydrogen-bond acceptors (Lipinski definition) is 2. The van der Waals surface area contributed by atoms with Crippen molar-refractivity contribution in [2.75, 3.05) is 5.73 Å². The molecular formula is C14H17IN2. The lowest BCUT2D eigenvalue weighted by Gasteiger charge is -2.11. The Bertz CT molecular complexity index is 562. The van der Waals surface area contributed by atoms with E-state index in [4.69, 9.17) is 10.7 Å². The largest absolute Gasteiger partial charge is 0.398 e. The molecule has 0 spiro atoms. The zero-order valence-corrected chi connectivity index (χ0v) is 12.6. The lowest BCUT2D eigenvalue weighted by atomic mass is 10.0. The van der Waals surface area contributed by atoms with E-state index in [2.05, 4.69) is 55.5 Å². The minimum Gasteiger partial charge on any atom is -0.398 e. The molecule has 1 aromatic carbocycles. The van der Waals surface area contributed by atoms with Crippen LogP contribution in [0.2, 0.25) is 0 Å². The third-order valence-electron chi connectivity index (χ3n) is 2.81. The molecule has 17 heavy (non-hydrogen) atoms. The Morgan fingerprint density at radius 2 is 2.06 bits per heavy atom. The Kier molecular flexibility index (Phi) is 3.56. The Balaban J connectivity index is 2.68. The maximum atomic E-state index is 6.16. The highest BCUT2D eigenvalue weighted by Crippen LogP contribution is 2.28. The number of pyridine rings is 1. The van der Waals surface area contributed by atoms with E-state index in [1.807, 2.05) is 6.07 Å². The van der Waals surface area contributed by atoms with Gasteiger partial charge < -0.3 is 5.73 Å². The van der Waals surface area contributed by atoms with Crippen LogP contribution in [0, 0.1) is 16.4 Å². The van der Waals surface area contributed by atoms with Gasteiger partial charge in [0.2, 0.25) is 0 Å².